The fourth-order valence-corrected chi connectivity index (χ4v) is 2.16. The number of cyclic esters (lactones) is 1. The van der Waals surface area contributed by atoms with Crippen molar-refractivity contribution in [3.63, 3.8) is 0 Å². The molecular weight excluding hydrogens is 272 g/mol. The molecule has 5 nitrogen and oxygen atoms in total. The van der Waals surface area contributed by atoms with Crippen molar-refractivity contribution < 1.29 is 23.9 Å². The first-order valence-corrected chi connectivity index (χ1v) is 6.63. The highest BCUT2D eigenvalue weighted by molar-refractivity contribution is 5.89. The van der Waals surface area contributed by atoms with Crippen molar-refractivity contribution in [2.75, 3.05) is 6.61 Å². The van der Waals surface area contributed by atoms with Gasteiger partial charge in [0.25, 0.3) is 0 Å². The first kappa shape index (κ1) is 15.0. The number of aldehydes is 1. The number of hydrogen-bond acceptors (Lipinski definition) is 5. The highest BCUT2D eigenvalue weighted by Crippen LogP contribution is 2.30. The molecule has 0 N–H and O–H groups in total. The van der Waals surface area contributed by atoms with Crippen LogP contribution >= 0.6 is 0 Å². The Morgan fingerprint density at radius 2 is 2.10 bits per heavy atom. The Kier molecular flexibility index (Phi) is 4.52. The van der Waals surface area contributed by atoms with Crippen LogP contribution in [0.2, 0.25) is 0 Å². The van der Waals surface area contributed by atoms with Gasteiger partial charge in [0.2, 0.25) is 0 Å². The fraction of sp³-hybridized carbons (Fsp3) is 0.312. The summed E-state index contributed by atoms with van der Waals surface area (Å²) >= 11 is 0. The summed E-state index contributed by atoms with van der Waals surface area (Å²) in [6.07, 6.45) is 3.78. The van der Waals surface area contributed by atoms with Crippen molar-refractivity contribution >= 4 is 18.2 Å². The van der Waals surface area contributed by atoms with E-state index in [1.807, 2.05) is 0 Å². The van der Waals surface area contributed by atoms with Gasteiger partial charge in [-0.05, 0) is 25.1 Å². The van der Waals surface area contributed by atoms with Gasteiger partial charge < -0.3 is 14.3 Å². The van der Waals surface area contributed by atoms with Crippen molar-refractivity contribution in [3.8, 4) is 0 Å². The molecule has 0 fully saturated rings. The second-order valence-corrected chi connectivity index (χ2v) is 5.00. The molecule has 1 heterocycles. The molecule has 0 saturated heterocycles. The first-order valence-electron chi connectivity index (χ1n) is 6.63. The molecule has 21 heavy (non-hydrogen) atoms. The second-order valence-electron chi connectivity index (χ2n) is 5.00. The van der Waals surface area contributed by atoms with Crippen LogP contribution in [-0.2, 0) is 19.1 Å². The molecule has 5 heteroatoms. The van der Waals surface area contributed by atoms with E-state index in [1.54, 1.807) is 43.3 Å². The Morgan fingerprint density at radius 3 is 2.67 bits per heavy atom. The molecule has 1 aromatic carbocycles. The minimum Gasteiger partial charge on any atom is -0.462 e. The molecule has 2 atom stereocenters. The van der Waals surface area contributed by atoms with Gasteiger partial charge >= 0.3 is 11.9 Å². The van der Waals surface area contributed by atoms with Crippen LogP contribution in [0.3, 0.4) is 0 Å². The topological polar surface area (TPSA) is 69.7 Å². The third-order valence-corrected chi connectivity index (χ3v) is 3.49. The predicted octanol–water partition coefficient (Wildman–Crippen LogP) is 1.92. The smallest absolute Gasteiger partial charge is 0.338 e. The number of hydrogen-bond donors (Lipinski definition) is 0. The maximum Gasteiger partial charge on any atom is 0.338 e. The number of esters is 2. The lowest BCUT2D eigenvalue weighted by Gasteiger charge is -2.30. The number of benzene rings is 1. The maximum absolute atomic E-state index is 11.9. The van der Waals surface area contributed by atoms with Gasteiger partial charge in [0.05, 0.1) is 12.2 Å². The van der Waals surface area contributed by atoms with Gasteiger partial charge in [0, 0.05) is 18.4 Å². The van der Waals surface area contributed by atoms with Gasteiger partial charge in [-0.2, -0.15) is 0 Å². The van der Waals surface area contributed by atoms with Crippen LogP contribution in [-0.4, -0.2) is 30.4 Å². The lowest BCUT2D eigenvalue weighted by molar-refractivity contribution is -0.150. The van der Waals surface area contributed by atoms with Crippen LogP contribution in [0.15, 0.2) is 42.5 Å². The Bertz CT molecular complexity index is 563. The highest BCUT2D eigenvalue weighted by Gasteiger charge is 2.39. The molecule has 2 rings (SSSR count). The number of rotatable bonds is 6. The highest BCUT2D eigenvalue weighted by atomic mass is 16.6. The number of ether oxygens (including phenoxy) is 2. The minimum absolute atomic E-state index is 0.000583. The monoisotopic (exact) mass is 288 g/mol. The number of carbonyl (C=O) groups excluding carboxylic acids is 3. The molecule has 0 saturated carbocycles. The first-order chi connectivity index (χ1) is 10.0. The molecular formula is C16H16O5. The number of carbonyl (C=O) groups is 3. The third kappa shape index (κ3) is 3.56. The van der Waals surface area contributed by atoms with E-state index in [-0.39, 0.29) is 13.0 Å². The Balaban J connectivity index is 2.01. The summed E-state index contributed by atoms with van der Waals surface area (Å²) in [4.78, 5) is 33.9. The van der Waals surface area contributed by atoms with Crippen LogP contribution in [0.1, 0.15) is 23.7 Å². The van der Waals surface area contributed by atoms with Crippen LogP contribution < -0.4 is 0 Å². The third-order valence-electron chi connectivity index (χ3n) is 3.49. The molecule has 0 unspecified atom stereocenters. The standard InChI is InChI=1S/C16H16O5/c1-16(9-7-14(18)21-16)13(8-10-17)11-20-15(19)12-5-3-2-4-6-12/h2-7,9-10,13H,8,11H2,1H3/t13-,16+/m0/s1. The molecule has 0 aliphatic carbocycles. The zero-order chi connectivity index (χ0) is 15.3. The molecule has 1 aliphatic rings. The molecule has 0 radical (unpaired) electrons. The quantitative estimate of drug-likeness (QED) is 0.591. The summed E-state index contributed by atoms with van der Waals surface area (Å²) in [6, 6.07) is 8.57. The average Bonchev–Trinajstić information content (AvgIpc) is 2.84. The summed E-state index contributed by atoms with van der Waals surface area (Å²) in [5, 5.41) is 0. The summed E-state index contributed by atoms with van der Waals surface area (Å²) in [5.74, 6) is -1.34. The average molecular weight is 288 g/mol. The predicted molar refractivity (Wildman–Crippen MR) is 74.5 cm³/mol. The van der Waals surface area contributed by atoms with Crippen molar-refractivity contribution in [1.82, 2.24) is 0 Å². The van der Waals surface area contributed by atoms with Gasteiger partial charge in [-0.3, -0.25) is 0 Å². The van der Waals surface area contributed by atoms with Crippen molar-refractivity contribution in [3.05, 3.63) is 48.0 Å². The molecule has 0 amide bonds. The lowest BCUT2D eigenvalue weighted by atomic mass is 9.87. The molecule has 1 aromatic rings. The normalized spacial score (nSPS) is 21.7. The van der Waals surface area contributed by atoms with Gasteiger partial charge in [0.15, 0.2) is 0 Å². The van der Waals surface area contributed by atoms with Crippen molar-refractivity contribution in [1.29, 1.82) is 0 Å². The molecule has 0 aromatic heterocycles. The van der Waals surface area contributed by atoms with Crippen molar-refractivity contribution in [2.24, 2.45) is 5.92 Å². The Morgan fingerprint density at radius 1 is 1.38 bits per heavy atom. The van der Waals surface area contributed by atoms with E-state index >= 15 is 0 Å². The minimum atomic E-state index is -0.922. The Labute approximate surface area is 122 Å². The fourth-order valence-electron chi connectivity index (χ4n) is 2.16. The van der Waals surface area contributed by atoms with E-state index in [4.69, 9.17) is 9.47 Å². The van der Waals surface area contributed by atoms with E-state index in [2.05, 4.69) is 0 Å². The van der Waals surface area contributed by atoms with Crippen LogP contribution in [0, 0.1) is 5.92 Å². The van der Waals surface area contributed by atoms with Gasteiger partial charge in [-0.25, -0.2) is 9.59 Å². The molecule has 1 aliphatic heterocycles. The van der Waals surface area contributed by atoms with E-state index < -0.39 is 23.5 Å². The lowest BCUT2D eigenvalue weighted by Crippen LogP contribution is -2.38. The summed E-state index contributed by atoms with van der Waals surface area (Å²) in [6.45, 7) is 1.69. The van der Waals surface area contributed by atoms with E-state index in [1.165, 1.54) is 6.08 Å². The summed E-state index contributed by atoms with van der Waals surface area (Å²) in [7, 11) is 0. The molecule has 0 bridgehead atoms. The Hall–Kier alpha value is -2.43. The summed E-state index contributed by atoms with van der Waals surface area (Å²) in [5.41, 5.74) is -0.485. The summed E-state index contributed by atoms with van der Waals surface area (Å²) < 4.78 is 10.4. The van der Waals surface area contributed by atoms with Crippen LogP contribution in [0.25, 0.3) is 0 Å². The van der Waals surface area contributed by atoms with Gasteiger partial charge in [0.1, 0.15) is 11.9 Å². The van der Waals surface area contributed by atoms with Crippen LogP contribution in [0.5, 0.6) is 0 Å². The molecule has 110 valence electrons. The zero-order valence-electron chi connectivity index (χ0n) is 11.7. The molecule has 0 spiro atoms. The van der Waals surface area contributed by atoms with Crippen LogP contribution in [0.4, 0.5) is 0 Å². The second kappa shape index (κ2) is 6.35. The van der Waals surface area contributed by atoms with E-state index in [9.17, 15) is 14.4 Å². The largest absolute Gasteiger partial charge is 0.462 e. The van der Waals surface area contributed by atoms with E-state index in [0.29, 0.717) is 5.56 Å². The van der Waals surface area contributed by atoms with Gasteiger partial charge in [-0.15, -0.1) is 0 Å². The zero-order valence-corrected chi connectivity index (χ0v) is 11.7. The van der Waals surface area contributed by atoms with Gasteiger partial charge in [-0.1, -0.05) is 18.2 Å². The van der Waals surface area contributed by atoms with Crippen molar-refractivity contribution in [2.45, 2.75) is 18.9 Å². The SMILES string of the molecule is C[C@]1([C@@H](CC=O)COC(=O)c2ccccc2)C=CC(=O)O1. The van der Waals surface area contributed by atoms with E-state index in [0.717, 1.165) is 6.29 Å². The maximum atomic E-state index is 11.9.